The van der Waals surface area contributed by atoms with Crippen molar-refractivity contribution in [2.24, 2.45) is 56.7 Å². The highest BCUT2D eigenvalue weighted by Gasteiger charge is 2.73. The van der Waals surface area contributed by atoms with E-state index in [1.54, 1.807) is 7.11 Å². The topological polar surface area (TPSA) is 66.8 Å². The second-order valence-corrected chi connectivity index (χ2v) is 14.6. The Bertz CT molecular complexity index is 894. The summed E-state index contributed by atoms with van der Waals surface area (Å²) in [5, 5.41) is 22.3. The average molecular weight is 487 g/mol. The highest BCUT2D eigenvalue weighted by molar-refractivity contribution is 5.78. The van der Waals surface area contributed by atoms with E-state index in [0.29, 0.717) is 23.7 Å². The molecule has 0 aliphatic heterocycles. The lowest BCUT2D eigenvalue weighted by Crippen LogP contribution is -2.68. The molecule has 1 unspecified atom stereocenters. The van der Waals surface area contributed by atoms with Gasteiger partial charge in [0.1, 0.15) is 0 Å². The summed E-state index contributed by atoms with van der Waals surface area (Å²) < 4.78 is 5.47. The number of aliphatic hydroxyl groups excluding tert-OH is 2. The zero-order valence-electron chi connectivity index (χ0n) is 23.2. The lowest BCUT2D eigenvalue weighted by Gasteiger charge is -2.73. The van der Waals surface area contributed by atoms with Gasteiger partial charge in [0, 0.05) is 12.0 Å². The summed E-state index contributed by atoms with van der Waals surface area (Å²) in [7, 11) is 1.55. The Kier molecular flexibility index (Phi) is 5.94. The van der Waals surface area contributed by atoms with Crippen LogP contribution in [0.1, 0.15) is 98.8 Å². The van der Waals surface area contributed by atoms with Gasteiger partial charge in [0.05, 0.1) is 18.6 Å². The van der Waals surface area contributed by atoms with Crippen molar-refractivity contribution < 1.29 is 19.7 Å². The molecule has 0 heterocycles. The van der Waals surface area contributed by atoms with Crippen LogP contribution in [-0.4, -0.2) is 36.0 Å². The minimum Gasteiger partial charge on any atom is -0.469 e. The highest BCUT2D eigenvalue weighted by Crippen LogP contribution is 2.77. The number of rotatable bonds is 3. The lowest BCUT2D eigenvalue weighted by molar-refractivity contribution is -0.262. The maximum Gasteiger partial charge on any atom is 0.312 e. The molecule has 5 aliphatic carbocycles. The fourth-order valence-electron chi connectivity index (χ4n) is 11.8. The van der Waals surface area contributed by atoms with Crippen LogP contribution in [0.15, 0.2) is 12.2 Å². The number of allylic oxidation sites excluding steroid dienone is 1. The van der Waals surface area contributed by atoms with Gasteiger partial charge in [-0.3, -0.25) is 4.79 Å². The first kappa shape index (κ1) is 25.8. The van der Waals surface area contributed by atoms with Gasteiger partial charge in [-0.05, 0) is 117 Å². The Morgan fingerprint density at radius 2 is 1.66 bits per heavy atom. The Balaban J connectivity index is 1.60. The van der Waals surface area contributed by atoms with E-state index in [4.69, 9.17) is 4.74 Å². The number of methoxy groups -OCH3 is 1. The molecule has 10 atom stereocenters. The van der Waals surface area contributed by atoms with E-state index in [1.807, 2.05) is 0 Å². The standard InChI is InChI=1S/C31H50O4/c1-19(2)20-10-15-30(26(34)35-7)16-17-31(18-32)21(25(20)30)8-9-23-28(5)13-12-24(33)27(3,4)22(28)11-14-29(23,31)6/h20-25,32-33H,1,8-18H2,2-7H3/t20-,21+,22-,23+,24+,25?,28-,29+,30-,31-/m0/s1. The molecule has 0 radical (unpaired) electrons. The Hall–Kier alpha value is -0.870. The van der Waals surface area contributed by atoms with Crippen molar-refractivity contribution in [1.82, 2.24) is 0 Å². The minimum atomic E-state index is -0.414. The fourth-order valence-corrected chi connectivity index (χ4v) is 11.8. The normalized spacial score (nSPS) is 52.5. The summed E-state index contributed by atoms with van der Waals surface area (Å²) in [6.07, 6.45) is 9.88. The third kappa shape index (κ3) is 3.02. The van der Waals surface area contributed by atoms with Crippen molar-refractivity contribution >= 4 is 5.97 Å². The summed E-state index contributed by atoms with van der Waals surface area (Å²) >= 11 is 0. The molecule has 4 heteroatoms. The molecule has 35 heavy (non-hydrogen) atoms. The number of fused-ring (bicyclic) bond motifs is 7. The molecule has 0 spiro atoms. The van der Waals surface area contributed by atoms with Crippen molar-refractivity contribution in [3.63, 3.8) is 0 Å². The van der Waals surface area contributed by atoms with Gasteiger partial charge in [0.25, 0.3) is 0 Å². The number of aliphatic hydroxyl groups is 2. The Morgan fingerprint density at radius 1 is 0.943 bits per heavy atom. The smallest absolute Gasteiger partial charge is 0.312 e. The van der Waals surface area contributed by atoms with Crippen LogP contribution in [0.5, 0.6) is 0 Å². The van der Waals surface area contributed by atoms with Crippen LogP contribution in [0.3, 0.4) is 0 Å². The molecule has 0 aromatic rings. The predicted molar refractivity (Wildman–Crippen MR) is 138 cm³/mol. The van der Waals surface area contributed by atoms with Gasteiger partial charge in [0.2, 0.25) is 0 Å². The first-order chi connectivity index (χ1) is 16.4. The maximum atomic E-state index is 13.4. The zero-order valence-corrected chi connectivity index (χ0v) is 23.2. The van der Waals surface area contributed by atoms with Crippen molar-refractivity contribution in [2.45, 2.75) is 105 Å². The van der Waals surface area contributed by atoms with Crippen LogP contribution in [0.4, 0.5) is 0 Å². The van der Waals surface area contributed by atoms with Crippen molar-refractivity contribution in [2.75, 3.05) is 13.7 Å². The predicted octanol–water partition coefficient (Wildman–Crippen LogP) is 6.15. The highest BCUT2D eigenvalue weighted by atomic mass is 16.5. The zero-order chi connectivity index (χ0) is 25.6. The summed E-state index contributed by atoms with van der Waals surface area (Å²) in [5.41, 5.74) is 0.774. The lowest BCUT2D eigenvalue weighted by atomic mass is 9.32. The molecule has 0 saturated heterocycles. The third-order valence-corrected chi connectivity index (χ3v) is 13.6. The molecule has 5 fully saturated rings. The van der Waals surface area contributed by atoms with E-state index in [0.717, 1.165) is 57.8 Å². The van der Waals surface area contributed by atoms with E-state index in [1.165, 1.54) is 12.0 Å². The summed E-state index contributed by atoms with van der Waals surface area (Å²) in [6.45, 7) is 16.3. The largest absolute Gasteiger partial charge is 0.469 e. The van der Waals surface area contributed by atoms with Gasteiger partial charge >= 0.3 is 5.97 Å². The van der Waals surface area contributed by atoms with E-state index < -0.39 is 5.41 Å². The van der Waals surface area contributed by atoms with Gasteiger partial charge in [-0.2, -0.15) is 0 Å². The summed E-state index contributed by atoms with van der Waals surface area (Å²) in [6, 6.07) is 0. The first-order valence-corrected chi connectivity index (χ1v) is 14.4. The van der Waals surface area contributed by atoms with Gasteiger partial charge < -0.3 is 14.9 Å². The van der Waals surface area contributed by atoms with Crippen molar-refractivity contribution in [3.05, 3.63) is 12.2 Å². The van der Waals surface area contributed by atoms with E-state index >= 15 is 0 Å². The average Bonchev–Trinajstić information content (AvgIpc) is 3.22. The van der Waals surface area contributed by atoms with E-state index in [9.17, 15) is 15.0 Å². The van der Waals surface area contributed by atoms with Gasteiger partial charge in [-0.15, -0.1) is 0 Å². The minimum absolute atomic E-state index is 0.0243. The number of ether oxygens (including phenoxy) is 1. The number of carbonyl (C=O) groups is 1. The molecule has 2 N–H and O–H groups in total. The molecule has 198 valence electrons. The van der Waals surface area contributed by atoms with Crippen LogP contribution in [0, 0.1) is 56.7 Å². The maximum absolute atomic E-state index is 13.4. The molecule has 5 rings (SSSR count). The fraction of sp³-hybridized carbons (Fsp3) is 0.903. The molecule has 4 nitrogen and oxygen atoms in total. The van der Waals surface area contributed by atoms with Crippen LogP contribution in [0.25, 0.3) is 0 Å². The first-order valence-electron chi connectivity index (χ1n) is 14.4. The Morgan fingerprint density at radius 3 is 2.29 bits per heavy atom. The van der Waals surface area contributed by atoms with Gasteiger partial charge in [-0.1, -0.05) is 39.8 Å². The quantitative estimate of drug-likeness (QED) is 0.371. The van der Waals surface area contributed by atoms with E-state index in [-0.39, 0.29) is 46.3 Å². The van der Waals surface area contributed by atoms with Crippen molar-refractivity contribution in [1.29, 1.82) is 0 Å². The van der Waals surface area contributed by atoms with Gasteiger partial charge in [-0.25, -0.2) is 0 Å². The monoisotopic (exact) mass is 486 g/mol. The second kappa shape index (κ2) is 8.06. The molecule has 0 bridgehead atoms. The van der Waals surface area contributed by atoms with Crippen LogP contribution >= 0.6 is 0 Å². The van der Waals surface area contributed by atoms with Gasteiger partial charge in [0.15, 0.2) is 0 Å². The molecular formula is C31H50O4. The summed E-state index contributed by atoms with van der Waals surface area (Å²) in [4.78, 5) is 13.4. The van der Waals surface area contributed by atoms with Crippen LogP contribution < -0.4 is 0 Å². The van der Waals surface area contributed by atoms with Crippen LogP contribution in [-0.2, 0) is 9.53 Å². The molecule has 0 aromatic carbocycles. The number of hydrogen-bond donors (Lipinski definition) is 2. The third-order valence-electron chi connectivity index (χ3n) is 13.6. The molecule has 0 aromatic heterocycles. The van der Waals surface area contributed by atoms with Crippen LogP contribution in [0.2, 0.25) is 0 Å². The molecule has 5 aliphatic rings. The number of esters is 1. The molecule has 0 amide bonds. The summed E-state index contributed by atoms with van der Waals surface area (Å²) in [5.74, 6) is 1.91. The Labute approximate surface area is 213 Å². The number of hydrogen-bond acceptors (Lipinski definition) is 4. The van der Waals surface area contributed by atoms with E-state index in [2.05, 4.69) is 41.2 Å². The van der Waals surface area contributed by atoms with Crippen molar-refractivity contribution in [3.8, 4) is 0 Å². The molecule has 5 saturated carbocycles. The molecular weight excluding hydrogens is 436 g/mol. The number of carbonyl (C=O) groups excluding carboxylic acids is 1. The second-order valence-electron chi connectivity index (χ2n) is 14.6. The SMILES string of the molecule is C=C(C)[C@@H]1CC[C@]2(C(=O)OC)CC[C@]3(CO)[C@H](CC[C@@H]4[C@@]5(C)CC[C@@H](O)C(C)(C)[C@@H]5CC[C@]43C)C12.